The van der Waals surface area contributed by atoms with Gasteiger partial charge in [0.2, 0.25) is 0 Å². The van der Waals surface area contributed by atoms with Crippen LogP contribution in [0.1, 0.15) is 65.4 Å². The van der Waals surface area contributed by atoms with Crippen molar-refractivity contribution in [1.29, 1.82) is 0 Å². The van der Waals surface area contributed by atoms with E-state index in [4.69, 9.17) is 23.4 Å². The van der Waals surface area contributed by atoms with Crippen LogP contribution < -0.4 is 0 Å². The molecule has 44 heavy (non-hydrogen) atoms. The first-order valence-electron chi connectivity index (χ1n) is 16.0. The predicted octanol–water partition coefficient (Wildman–Crippen LogP) is 5.43. The molecule has 2 aliphatic carbocycles. The number of rotatable bonds is 6. The Bertz CT molecular complexity index is 1280. The number of methoxy groups -OCH3 is 1. The van der Waals surface area contributed by atoms with Gasteiger partial charge in [-0.05, 0) is 56.1 Å². The summed E-state index contributed by atoms with van der Waals surface area (Å²) in [5.41, 5.74) is 0.408. The number of aromatic nitrogens is 1. The van der Waals surface area contributed by atoms with Gasteiger partial charge in [0.15, 0.2) is 14.4 Å². The summed E-state index contributed by atoms with van der Waals surface area (Å²) in [7, 11) is -0.645. The topological polar surface area (TPSA) is 116 Å². The molecule has 2 N–H and O–H groups in total. The van der Waals surface area contributed by atoms with Gasteiger partial charge in [-0.2, -0.15) is 0 Å². The molecule has 4 bridgehead atoms. The van der Waals surface area contributed by atoms with E-state index in [2.05, 4.69) is 64.0 Å². The van der Waals surface area contributed by atoms with Gasteiger partial charge < -0.3 is 33.5 Å². The third kappa shape index (κ3) is 5.44. The van der Waals surface area contributed by atoms with E-state index in [1.54, 1.807) is 18.3 Å². The van der Waals surface area contributed by atoms with Crippen molar-refractivity contribution in [2.45, 2.75) is 115 Å². The third-order valence-electron chi connectivity index (χ3n) is 11.2. The molecule has 1 saturated heterocycles. The van der Waals surface area contributed by atoms with Crippen LogP contribution in [-0.2, 0) is 28.2 Å². The highest BCUT2D eigenvalue weighted by Gasteiger charge is 2.69. The van der Waals surface area contributed by atoms with Crippen LogP contribution in [0.15, 0.2) is 42.1 Å². The molecule has 2 aliphatic heterocycles. The Hall–Kier alpha value is -2.24. The number of esters is 2. The maximum atomic E-state index is 13.7. The van der Waals surface area contributed by atoms with Gasteiger partial charge in [-0.25, -0.2) is 9.59 Å². The molecule has 0 aromatic carbocycles. The van der Waals surface area contributed by atoms with Crippen LogP contribution in [0.5, 0.6) is 0 Å². The van der Waals surface area contributed by atoms with E-state index in [0.717, 1.165) is 5.57 Å². The smallest absolute Gasteiger partial charge is 0.355 e. The van der Waals surface area contributed by atoms with Gasteiger partial charge in [0.05, 0.1) is 12.2 Å². The van der Waals surface area contributed by atoms with Crippen molar-refractivity contribution in [2.24, 2.45) is 29.6 Å². The summed E-state index contributed by atoms with van der Waals surface area (Å²) in [5.74, 6) is -2.20. The summed E-state index contributed by atoms with van der Waals surface area (Å²) < 4.78 is 31.9. The summed E-state index contributed by atoms with van der Waals surface area (Å²) in [6.07, 6.45) is 4.65. The van der Waals surface area contributed by atoms with Crippen molar-refractivity contribution in [3.8, 4) is 0 Å². The number of hydrogen-bond acceptors (Lipinski definition) is 8. The van der Waals surface area contributed by atoms with Crippen molar-refractivity contribution in [3.63, 3.8) is 0 Å². The van der Waals surface area contributed by atoms with Crippen LogP contribution in [0.2, 0.25) is 18.1 Å². The monoisotopic (exact) mass is 629 g/mol. The number of aliphatic hydroxyl groups is 1. The first-order valence-corrected chi connectivity index (χ1v) is 18.9. The molecule has 5 rings (SSSR count). The van der Waals surface area contributed by atoms with E-state index in [9.17, 15) is 14.7 Å². The number of carbonyl (C=O) groups excluding carboxylic acids is 2. The maximum Gasteiger partial charge on any atom is 0.355 e. The fourth-order valence-corrected chi connectivity index (χ4v) is 9.26. The minimum atomic E-state index is -2.17. The molecule has 244 valence electrons. The molecule has 1 unspecified atom stereocenters. The lowest BCUT2D eigenvalue weighted by molar-refractivity contribution is -0.171. The van der Waals surface area contributed by atoms with Gasteiger partial charge in [0.1, 0.15) is 29.6 Å². The number of ether oxygens (including phenoxy) is 4. The largest absolute Gasteiger partial charge is 0.457 e. The Morgan fingerprint density at radius 2 is 1.93 bits per heavy atom. The highest BCUT2D eigenvalue weighted by Crippen LogP contribution is 2.61. The van der Waals surface area contributed by atoms with Gasteiger partial charge in [0, 0.05) is 42.9 Å². The van der Waals surface area contributed by atoms with E-state index in [1.165, 1.54) is 7.11 Å². The fourth-order valence-electron chi connectivity index (χ4n) is 7.84. The number of cyclic esters (lactones) is 1. The van der Waals surface area contributed by atoms with Crippen molar-refractivity contribution in [1.82, 2.24) is 4.98 Å². The average molecular weight is 630 g/mol. The molecular weight excluding hydrogens is 578 g/mol. The predicted molar refractivity (Wildman–Crippen MR) is 168 cm³/mol. The van der Waals surface area contributed by atoms with Crippen LogP contribution in [0.25, 0.3) is 0 Å². The second-order valence-corrected chi connectivity index (χ2v) is 19.7. The molecule has 12 atom stereocenters. The average Bonchev–Trinajstić information content (AvgIpc) is 3.54. The second-order valence-electron chi connectivity index (χ2n) is 14.9. The van der Waals surface area contributed by atoms with Crippen LogP contribution in [0.4, 0.5) is 0 Å². The zero-order valence-corrected chi connectivity index (χ0v) is 28.8. The number of carbonyl (C=O) groups is 2. The minimum absolute atomic E-state index is 0.0101. The quantitative estimate of drug-likeness (QED) is 0.243. The first kappa shape index (κ1) is 33.1. The SMILES string of the molecule is CO[C@H]1CC2C=C[C@H]3[C@H]4O[C@]2(/C(C)=C/[C@@H](C)[C@@H]([C@@H](C)O[Si](C)(C)C(C)(C)C)OC1=O)[C@@H]3[C@H](O)[C@@H](C)[C@H]4OC(=O)c1ccc[nH]1. The summed E-state index contributed by atoms with van der Waals surface area (Å²) in [4.78, 5) is 29.6. The van der Waals surface area contributed by atoms with Crippen LogP contribution in [-0.4, -0.2) is 79.7 Å². The van der Waals surface area contributed by atoms with Gasteiger partial charge in [-0.1, -0.05) is 52.8 Å². The molecule has 10 heteroatoms. The lowest BCUT2D eigenvalue weighted by atomic mass is 9.57. The maximum absolute atomic E-state index is 13.7. The van der Waals surface area contributed by atoms with Crippen molar-refractivity contribution in [3.05, 3.63) is 47.8 Å². The number of aliphatic hydroxyl groups excluding tert-OH is 1. The molecule has 2 fully saturated rings. The number of nitrogens with one attached hydrogen (secondary N) is 1. The molecule has 1 aromatic rings. The molecule has 1 spiro atoms. The zero-order valence-electron chi connectivity index (χ0n) is 27.8. The Balaban J connectivity index is 1.54. The molecule has 1 saturated carbocycles. The zero-order chi connectivity index (χ0) is 32.4. The molecule has 0 amide bonds. The van der Waals surface area contributed by atoms with E-state index >= 15 is 0 Å². The minimum Gasteiger partial charge on any atom is -0.457 e. The van der Waals surface area contributed by atoms with Crippen LogP contribution >= 0.6 is 0 Å². The molecule has 1 aromatic heterocycles. The summed E-state index contributed by atoms with van der Waals surface area (Å²) >= 11 is 0. The second kappa shape index (κ2) is 11.8. The van der Waals surface area contributed by atoms with Crippen LogP contribution in [0, 0.1) is 29.6 Å². The van der Waals surface area contributed by atoms with Crippen LogP contribution in [0.3, 0.4) is 0 Å². The van der Waals surface area contributed by atoms with E-state index < -0.39 is 56.4 Å². The highest BCUT2D eigenvalue weighted by atomic mass is 28.4. The third-order valence-corrected chi connectivity index (χ3v) is 15.8. The normalized spacial score (nSPS) is 40.8. The first-order chi connectivity index (χ1) is 20.5. The molecule has 0 radical (unpaired) electrons. The Labute approximate surface area is 262 Å². The van der Waals surface area contributed by atoms with E-state index in [1.807, 2.05) is 20.8 Å². The van der Waals surface area contributed by atoms with Crippen molar-refractivity contribution in [2.75, 3.05) is 7.11 Å². The Morgan fingerprint density at radius 3 is 2.55 bits per heavy atom. The Kier molecular flexibility index (Phi) is 8.92. The molecule has 3 heterocycles. The summed E-state index contributed by atoms with van der Waals surface area (Å²) in [5, 5.41) is 11.9. The van der Waals surface area contributed by atoms with Gasteiger partial charge in [0.25, 0.3) is 0 Å². The van der Waals surface area contributed by atoms with Gasteiger partial charge in [-0.15, -0.1) is 0 Å². The fraction of sp³-hybridized carbons (Fsp3) is 0.706. The molecule has 4 aliphatic rings. The van der Waals surface area contributed by atoms with Crippen molar-refractivity contribution < 1.29 is 38.1 Å². The summed E-state index contributed by atoms with van der Waals surface area (Å²) in [6.45, 7) is 19.0. The molecular formula is C34H51NO8Si. The standard InChI is InChI=1S/C34H51NO8Si/c1-18-16-19(2)34-22(17-25(39-8)32(38)40-28(18)21(4)43-44(9,10)33(5,6)7)13-14-23-26(34)27(36)20(3)29(30(23)42-34)41-31(37)24-12-11-15-35-24/h11-16,18,20-23,25-30,35-36H,17H2,1-10H3/b19-16+/t18-,20-,21-,22?,23-,25+,26+,27-,28+,29-,30-,34+/m1/s1. The highest BCUT2D eigenvalue weighted by molar-refractivity contribution is 6.74. The number of H-pyrrole nitrogens is 1. The lowest BCUT2D eigenvalue weighted by Crippen LogP contribution is -2.57. The van der Waals surface area contributed by atoms with E-state index in [-0.39, 0.29) is 40.7 Å². The Morgan fingerprint density at radius 1 is 1.23 bits per heavy atom. The van der Waals surface area contributed by atoms with Gasteiger partial charge in [-0.3, -0.25) is 0 Å². The molecule has 9 nitrogen and oxygen atoms in total. The number of hydrogen-bond donors (Lipinski definition) is 2. The number of aromatic amines is 1. The van der Waals surface area contributed by atoms with Gasteiger partial charge >= 0.3 is 11.9 Å². The lowest BCUT2D eigenvalue weighted by Gasteiger charge is -2.49. The summed E-state index contributed by atoms with van der Waals surface area (Å²) in [6, 6.07) is 3.42. The van der Waals surface area contributed by atoms with Crippen molar-refractivity contribution >= 4 is 20.3 Å². The van der Waals surface area contributed by atoms with E-state index in [0.29, 0.717) is 12.1 Å².